The van der Waals surface area contributed by atoms with E-state index in [0.29, 0.717) is 0 Å². The summed E-state index contributed by atoms with van der Waals surface area (Å²) in [5.74, 6) is 0.954. The maximum absolute atomic E-state index is 5.41. The van der Waals surface area contributed by atoms with Gasteiger partial charge in [0.15, 0.2) is 0 Å². The number of ether oxygens (including phenoxy) is 1. The minimum atomic E-state index is 0.954. The minimum absolute atomic E-state index is 0.954. The van der Waals surface area contributed by atoms with E-state index in [1.807, 2.05) is 18.2 Å². The van der Waals surface area contributed by atoms with Gasteiger partial charge in [-0.3, -0.25) is 0 Å². The molecule has 0 atom stereocenters. The highest BCUT2D eigenvalue weighted by Gasteiger charge is 2.07. The summed E-state index contributed by atoms with van der Waals surface area (Å²) in [6.07, 6.45) is 3.73. The smallest absolute Gasteiger partial charge is 0.134 e. The van der Waals surface area contributed by atoms with Crippen LogP contribution in [-0.2, 0) is 0 Å². The summed E-state index contributed by atoms with van der Waals surface area (Å²) in [6, 6.07) is 12.4. The van der Waals surface area contributed by atoms with Crippen LogP contribution in [0.5, 0.6) is 5.75 Å². The Bertz CT molecular complexity index is 492. The Labute approximate surface area is 76.3 Å². The van der Waals surface area contributed by atoms with Gasteiger partial charge in [0.25, 0.3) is 0 Å². The van der Waals surface area contributed by atoms with Crippen molar-refractivity contribution < 1.29 is 4.74 Å². The lowest BCUT2D eigenvalue weighted by atomic mass is 10.0. The number of hydrogen-bond acceptors (Lipinski definition) is 1. The lowest BCUT2D eigenvalue weighted by Gasteiger charge is -2.12. The summed E-state index contributed by atoms with van der Waals surface area (Å²) < 4.78 is 5.41. The summed E-state index contributed by atoms with van der Waals surface area (Å²) in [5, 5.41) is 2.45. The highest BCUT2D eigenvalue weighted by Crippen LogP contribution is 2.32. The van der Waals surface area contributed by atoms with E-state index < -0.39 is 0 Å². The molecule has 0 aromatic heterocycles. The van der Waals surface area contributed by atoms with Gasteiger partial charge in [0.05, 0.1) is 6.26 Å². The standard InChI is InChI=1S/C12H8O/c1-3-9-5-2-6-11-12(9)10(4-1)7-8-13-11/h1-8H. The molecule has 1 nitrogen and oxygen atoms in total. The van der Waals surface area contributed by atoms with Crippen molar-refractivity contribution in [3.63, 3.8) is 0 Å². The summed E-state index contributed by atoms with van der Waals surface area (Å²) in [4.78, 5) is 0. The van der Waals surface area contributed by atoms with Crippen molar-refractivity contribution in [3.8, 4) is 5.75 Å². The molecular weight excluding hydrogens is 160 g/mol. The second-order valence-electron chi connectivity index (χ2n) is 3.12. The van der Waals surface area contributed by atoms with Crippen molar-refractivity contribution in [1.82, 2.24) is 0 Å². The highest BCUT2D eigenvalue weighted by molar-refractivity contribution is 5.96. The third-order valence-electron chi connectivity index (χ3n) is 2.34. The topological polar surface area (TPSA) is 9.23 Å². The highest BCUT2D eigenvalue weighted by atomic mass is 16.5. The molecule has 1 heteroatoms. The van der Waals surface area contributed by atoms with Crippen molar-refractivity contribution in [3.05, 3.63) is 48.2 Å². The Morgan fingerprint density at radius 1 is 0.923 bits per heavy atom. The molecule has 0 N–H and O–H groups in total. The first kappa shape index (κ1) is 6.72. The van der Waals surface area contributed by atoms with E-state index in [1.54, 1.807) is 6.26 Å². The maximum atomic E-state index is 5.41. The zero-order valence-corrected chi connectivity index (χ0v) is 7.03. The van der Waals surface area contributed by atoms with Crippen molar-refractivity contribution >= 4 is 16.8 Å². The average molecular weight is 168 g/mol. The van der Waals surface area contributed by atoms with E-state index >= 15 is 0 Å². The molecule has 2 aromatic carbocycles. The first-order chi connectivity index (χ1) is 6.45. The number of hydrogen-bond donors (Lipinski definition) is 0. The summed E-state index contributed by atoms with van der Waals surface area (Å²) in [5.41, 5.74) is 1.24. The molecule has 0 fully saturated rings. The van der Waals surface area contributed by atoms with Crippen molar-refractivity contribution in [2.45, 2.75) is 0 Å². The first-order valence-electron chi connectivity index (χ1n) is 4.30. The van der Waals surface area contributed by atoms with E-state index in [2.05, 4.69) is 24.3 Å². The molecule has 0 radical (unpaired) electrons. The van der Waals surface area contributed by atoms with Crippen LogP contribution in [0.3, 0.4) is 0 Å². The van der Waals surface area contributed by atoms with E-state index in [1.165, 1.54) is 16.3 Å². The van der Waals surface area contributed by atoms with Crippen LogP contribution in [0.1, 0.15) is 5.56 Å². The Balaban J connectivity index is 2.56. The molecular formula is C12H8O. The van der Waals surface area contributed by atoms with Gasteiger partial charge < -0.3 is 4.74 Å². The van der Waals surface area contributed by atoms with Crippen LogP contribution in [0.4, 0.5) is 0 Å². The van der Waals surface area contributed by atoms with Gasteiger partial charge in [-0.15, -0.1) is 0 Å². The van der Waals surface area contributed by atoms with Gasteiger partial charge in [-0.2, -0.15) is 0 Å². The van der Waals surface area contributed by atoms with Gasteiger partial charge in [-0.05, 0) is 23.1 Å². The van der Waals surface area contributed by atoms with Gasteiger partial charge >= 0.3 is 0 Å². The van der Waals surface area contributed by atoms with Crippen LogP contribution >= 0.6 is 0 Å². The molecule has 13 heavy (non-hydrogen) atoms. The molecule has 1 aliphatic rings. The molecule has 1 heterocycles. The molecule has 0 bridgehead atoms. The fourth-order valence-corrected chi connectivity index (χ4v) is 1.75. The second kappa shape index (κ2) is 2.36. The molecule has 2 aromatic rings. The average Bonchev–Trinajstić information content (AvgIpc) is 2.19. The predicted octanol–water partition coefficient (Wildman–Crippen LogP) is 3.20. The maximum Gasteiger partial charge on any atom is 0.134 e. The fourth-order valence-electron chi connectivity index (χ4n) is 1.75. The van der Waals surface area contributed by atoms with Crippen LogP contribution in [0.15, 0.2) is 42.7 Å². The minimum Gasteiger partial charge on any atom is -0.464 e. The van der Waals surface area contributed by atoms with Crippen LogP contribution in [-0.4, -0.2) is 0 Å². The summed E-state index contributed by atoms with van der Waals surface area (Å²) in [6.45, 7) is 0. The monoisotopic (exact) mass is 168 g/mol. The molecule has 0 spiro atoms. The van der Waals surface area contributed by atoms with Crippen molar-refractivity contribution in [1.29, 1.82) is 0 Å². The Hall–Kier alpha value is -1.76. The molecule has 0 amide bonds. The SMILES string of the molecule is C1=Cc2cccc3cccc(c23)O1. The lowest BCUT2D eigenvalue weighted by molar-refractivity contribution is 0.488. The zero-order chi connectivity index (χ0) is 8.67. The summed E-state index contributed by atoms with van der Waals surface area (Å²) >= 11 is 0. The first-order valence-corrected chi connectivity index (χ1v) is 4.30. The predicted molar refractivity (Wildman–Crippen MR) is 53.6 cm³/mol. The second-order valence-corrected chi connectivity index (χ2v) is 3.12. The number of benzene rings is 2. The van der Waals surface area contributed by atoms with Gasteiger partial charge in [-0.25, -0.2) is 0 Å². The van der Waals surface area contributed by atoms with Gasteiger partial charge in [0, 0.05) is 5.39 Å². The van der Waals surface area contributed by atoms with E-state index in [-0.39, 0.29) is 0 Å². The van der Waals surface area contributed by atoms with Crippen LogP contribution in [0, 0.1) is 0 Å². The van der Waals surface area contributed by atoms with E-state index in [9.17, 15) is 0 Å². The van der Waals surface area contributed by atoms with Gasteiger partial charge in [0.1, 0.15) is 5.75 Å². The Morgan fingerprint density at radius 3 is 2.69 bits per heavy atom. The van der Waals surface area contributed by atoms with Crippen LogP contribution in [0.2, 0.25) is 0 Å². The third-order valence-corrected chi connectivity index (χ3v) is 2.34. The third kappa shape index (κ3) is 0.872. The van der Waals surface area contributed by atoms with Crippen LogP contribution in [0.25, 0.3) is 16.8 Å². The molecule has 0 aliphatic carbocycles. The van der Waals surface area contributed by atoms with Crippen LogP contribution < -0.4 is 4.74 Å². The lowest BCUT2D eigenvalue weighted by Crippen LogP contribution is -1.91. The Morgan fingerprint density at radius 2 is 1.77 bits per heavy atom. The van der Waals surface area contributed by atoms with Gasteiger partial charge in [-0.1, -0.05) is 30.3 Å². The van der Waals surface area contributed by atoms with Crippen molar-refractivity contribution in [2.75, 3.05) is 0 Å². The molecule has 1 aliphatic heterocycles. The fraction of sp³-hybridized carbons (Fsp3) is 0. The zero-order valence-electron chi connectivity index (χ0n) is 7.03. The van der Waals surface area contributed by atoms with Crippen molar-refractivity contribution in [2.24, 2.45) is 0 Å². The molecule has 0 saturated heterocycles. The normalized spacial score (nSPS) is 12.9. The van der Waals surface area contributed by atoms with E-state index in [4.69, 9.17) is 4.74 Å². The molecule has 0 saturated carbocycles. The molecule has 0 unspecified atom stereocenters. The van der Waals surface area contributed by atoms with E-state index in [0.717, 1.165) is 5.75 Å². The largest absolute Gasteiger partial charge is 0.464 e. The summed E-state index contributed by atoms with van der Waals surface area (Å²) in [7, 11) is 0. The number of rotatable bonds is 0. The molecule has 62 valence electrons. The Kier molecular flexibility index (Phi) is 1.22. The van der Waals surface area contributed by atoms with Gasteiger partial charge in [0.2, 0.25) is 0 Å². The quantitative estimate of drug-likeness (QED) is 0.587. The molecule has 3 rings (SSSR count).